The molecule has 0 unspecified atom stereocenters. The van der Waals surface area contributed by atoms with Crippen LogP contribution in [0.3, 0.4) is 0 Å². The number of carbonyl (C=O) groups is 1. The topological polar surface area (TPSA) is 51.0 Å². The Labute approximate surface area is 124 Å². The highest BCUT2D eigenvalue weighted by molar-refractivity contribution is 9.10. The summed E-state index contributed by atoms with van der Waals surface area (Å²) in [7, 11) is 1.73. The average Bonchev–Trinajstić information content (AvgIpc) is 2.90. The Kier molecular flexibility index (Phi) is 3.23. The lowest BCUT2D eigenvalue weighted by Gasteiger charge is -2.17. The molecule has 0 aliphatic carbocycles. The Bertz CT molecular complexity index is 766. The van der Waals surface area contributed by atoms with Gasteiger partial charge in [-0.05, 0) is 30.3 Å². The van der Waals surface area contributed by atoms with Gasteiger partial charge >= 0.3 is 6.03 Å². The highest BCUT2D eigenvalue weighted by atomic mass is 79.9. The quantitative estimate of drug-likeness (QED) is 0.687. The SMILES string of the molecule is CN(C(=O)n1ccc2cncnc21)c1ccc(Br)cc1. The molecule has 1 aromatic carbocycles. The first-order valence-electron chi connectivity index (χ1n) is 5.97. The van der Waals surface area contributed by atoms with Crippen LogP contribution in [0, 0.1) is 0 Å². The van der Waals surface area contributed by atoms with Gasteiger partial charge in [-0.25, -0.2) is 14.8 Å². The summed E-state index contributed by atoms with van der Waals surface area (Å²) in [5, 5.41) is 0.838. The fourth-order valence-corrected chi connectivity index (χ4v) is 2.23. The van der Waals surface area contributed by atoms with Crippen LogP contribution >= 0.6 is 15.9 Å². The number of nitrogens with zero attached hydrogens (tertiary/aromatic N) is 4. The van der Waals surface area contributed by atoms with Crippen molar-refractivity contribution in [3.05, 3.63) is 53.5 Å². The Hall–Kier alpha value is -2.21. The first-order chi connectivity index (χ1) is 9.66. The molecule has 1 amide bonds. The lowest BCUT2D eigenvalue weighted by Crippen LogP contribution is -2.30. The molecule has 0 saturated heterocycles. The fraction of sp³-hybridized carbons (Fsp3) is 0.0714. The number of amides is 1. The zero-order chi connectivity index (χ0) is 14.1. The minimum Gasteiger partial charge on any atom is -0.297 e. The highest BCUT2D eigenvalue weighted by Crippen LogP contribution is 2.19. The third-order valence-corrected chi connectivity index (χ3v) is 3.59. The molecule has 2 aromatic heterocycles. The number of aromatic nitrogens is 3. The lowest BCUT2D eigenvalue weighted by atomic mass is 10.3. The van der Waals surface area contributed by atoms with Crippen molar-refractivity contribution in [2.24, 2.45) is 0 Å². The molecule has 3 rings (SSSR count). The van der Waals surface area contributed by atoms with Crippen LogP contribution in [0.5, 0.6) is 0 Å². The van der Waals surface area contributed by atoms with Gasteiger partial charge in [-0.1, -0.05) is 15.9 Å². The third-order valence-electron chi connectivity index (χ3n) is 3.06. The van der Waals surface area contributed by atoms with E-state index in [1.165, 1.54) is 10.9 Å². The molecule has 0 atom stereocenters. The van der Waals surface area contributed by atoms with E-state index in [0.29, 0.717) is 5.65 Å². The van der Waals surface area contributed by atoms with E-state index < -0.39 is 0 Å². The predicted molar refractivity (Wildman–Crippen MR) is 80.9 cm³/mol. The number of hydrogen-bond acceptors (Lipinski definition) is 3. The summed E-state index contributed by atoms with van der Waals surface area (Å²) in [6.45, 7) is 0. The predicted octanol–water partition coefficient (Wildman–Crippen LogP) is 3.30. The maximum Gasteiger partial charge on any atom is 0.334 e. The fourth-order valence-electron chi connectivity index (χ4n) is 1.97. The normalized spacial score (nSPS) is 10.7. The van der Waals surface area contributed by atoms with Crippen molar-refractivity contribution >= 4 is 38.7 Å². The van der Waals surface area contributed by atoms with Crippen molar-refractivity contribution in [3.63, 3.8) is 0 Å². The molecule has 0 aliphatic rings. The molecule has 3 aromatic rings. The van der Waals surface area contributed by atoms with E-state index in [9.17, 15) is 4.79 Å². The van der Waals surface area contributed by atoms with Crippen LogP contribution in [0.15, 0.2) is 53.5 Å². The van der Waals surface area contributed by atoms with E-state index >= 15 is 0 Å². The Morgan fingerprint density at radius 3 is 2.75 bits per heavy atom. The molecule has 100 valence electrons. The lowest BCUT2D eigenvalue weighted by molar-refractivity contribution is 0.249. The first kappa shape index (κ1) is 12.8. The second-order valence-electron chi connectivity index (χ2n) is 4.31. The van der Waals surface area contributed by atoms with Gasteiger partial charge in [-0.2, -0.15) is 0 Å². The standard InChI is InChI=1S/C14H11BrN4O/c1-18(12-4-2-11(15)3-5-12)14(20)19-7-6-10-8-16-9-17-13(10)19/h2-9H,1H3. The average molecular weight is 331 g/mol. The molecular weight excluding hydrogens is 320 g/mol. The maximum absolute atomic E-state index is 12.5. The summed E-state index contributed by atoms with van der Waals surface area (Å²) in [4.78, 5) is 22.2. The van der Waals surface area contributed by atoms with Gasteiger partial charge < -0.3 is 0 Å². The number of carbonyl (C=O) groups excluding carboxylic acids is 1. The van der Waals surface area contributed by atoms with Crippen LogP contribution < -0.4 is 4.90 Å². The van der Waals surface area contributed by atoms with Crippen molar-refractivity contribution in [3.8, 4) is 0 Å². The van der Waals surface area contributed by atoms with Gasteiger partial charge in [0.25, 0.3) is 0 Å². The zero-order valence-corrected chi connectivity index (χ0v) is 12.3. The van der Waals surface area contributed by atoms with Crippen LogP contribution in [0.4, 0.5) is 10.5 Å². The molecular formula is C14H11BrN4O. The molecule has 20 heavy (non-hydrogen) atoms. The summed E-state index contributed by atoms with van der Waals surface area (Å²) >= 11 is 3.38. The smallest absolute Gasteiger partial charge is 0.297 e. The van der Waals surface area contributed by atoms with Gasteiger partial charge in [0.1, 0.15) is 6.33 Å². The van der Waals surface area contributed by atoms with Crippen molar-refractivity contribution in [1.82, 2.24) is 14.5 Å². The number of hydrogen-bond donors (Lipinski definition) is 0. The molecule has 0 saturated carbocycles. The summed E-state index contributed by atoms with van der Waals surface area (Å²) in [6.07, 6.45) is 4.83. The van der Waals surface area contributed by atoms with E-state index in [-0.39, 0.29) is 6.03 Å². The summed E-state index contributed by atoms with van der Waals surface area (Å²) in [5.74, 6) is 0. The molecule has 0 bridgehead atoms. The van der Waals surface area contributed by atoms with Gasteiger partial charge in [0.2, 0.25) is 0 Å². The van der Waals surface area contributed by atoms with Gasteiger partial charge in [0.05, 0.1) is 0 Å². The molecule has 0 N–H and O–H groups in total. The largest absolute Gasteiger partial charge is 0.334 e. The van der Waals surface area contributed by atoms with Crippen LogP contribution in [-0.2, 0) is 0 Å². The number of benzene rings is 1. The number of rotatable bonds is 1. The van der Waals surface area contributed by atoms with E-state index in [1.807, 2.05) is 30.3 Å². The number of halogens is 1. The van der Waals surface area contributed by atoms with Gasteiger partial charge in [-0.15, -0.1) is 0 Å². The van der Waals surface area contributed by atoms with Crippen LogP contribution in [-0.4, -0.2) is 27.6 Å². The van der Waals surface area contributed by atoms with Crippen molar-refractivity contribution in [2.45, 2.75) is 0 Å². The summed E-state index contributed by atoms with van der Waals surface area (Å²) < 4.78 is 2.49. The van der Waals surface area contributed by atoms with Gasteiger partial charge in [0, 0.05) is 35.0 Å². The summed E-state index contributed by atoms with van der Waals surface area (Å²) in [6, 6.07) is 9.21. The van der Waals surface area contributed by atoms with E-state index in [4.69, 9.17) is 0 Å². The van der Waals surface area contributed by atoms with E-state index in [2.05, 4.69) is 25.9 Å². The van der Waals surface area contributed by atoms with Crippen LogP contribution in [0.2, 0.25) is 0 Å². The minimum absolute atomic E-state index is 0.166. The van der Waals surface area contributed by atoms with Crippen LogP contribution in [0.25, 0.3) is 11.0 Å². The Morgan fingerprint density at radius 1 is 1.25 bits per heavy atom. The third kappa shape index (κ3) is 2.18. The molecule has 0 aliphatic heterocycles. The Morgan fingerprint density at radius 2 is 2.00 bits per heavy atom. The van der Waals surface area contributed by atoms with Crippen molar-refractivity contribution < 1.29 is 4.79 Å². The first-order valence-corrected chi connectivity index (χ1v) is 6.77. The Balaban J connectivity index is 1.97. The second-order valence-corrected chi connectivity index (χ2v) is 5.22. The second kappa shape index (κ2) is 5.05. The molecule has 2 heterocycles. The zero-order valence-electron chi connectivity index (χ0n) is 10.7. The highest BCUT2D eigenvalue weighted by Gasteiger charge is 2.15. The van der Waals surface area contributed by atoms with Gasteiger partial charge in [-0.3, -0.25) is 9.47 Å². The molecule has 5 nitrogen and oxygen atoms in total. The van der Waals surface area contributed by atoms with Crippen LogP contribution in [0.1, 0.15) is 0 Å². The summed E-state index contributed by atoms with van der Waals surface area (Å²) in [5.41, 5.74) is 1.42. The van der Waals surface area contributed by atoms with Gasteiger partial charge in [0.15, 0.2) is 5.65 Å². The molecule has 0 spiro atoms. The number of anilines is 1. The van der Waals surface area contributed by atoms with Crippen molar-refractivity contribution in [2.75, 3.05) is 11.9 Å². The van der Waals surface area contributed by atoms with E-state index in [1.54, 1.807) is 24.3 Å². The monoisotopic (exact) mass is 330 g/mol. The molecule has 0 fully saturated rings. The molecule has 0 radical (unpaired) electrons. The minimum atomic E-state index is -0.166. The molecule has 6 heteroatoms. The van der Waals surface area contributed by atoms with E-state index in [0.717, 1.165) is 15.5 Å². The van der Waals surface area contributed by atoms with Crippen molar-refractivity contribution in [1.29, 1.82) is 0 Å². The maximum atomic E-state index is 12.5. The number of fused-ring (bicyclic) bond motifs is 1.